The van der Waals surface area contributed by atoms with Crippen LogP contribution in [0.15, 0.2) is 0 Å². The van der Waals surface area contributed by atoms with Crippen LogP contribution in [-0.2, 0) is 9.47 Å². The topological polar surface area (TPSA) is 18.5 Å². The zero-order chi connectivity index (χ0) is 15.8. The average molecular weight is 318 g/mol. The summed E-state index contributed by atoms with van der Waals surface area (Å²) in [4.78, 5) is 0. The largest absolute Gasteiger partial charge is 0.453 e. The molecule has 1 rings (SSSR count). The molecule has 1 aliphatic heterocycles. The molecule has 0 aromatic carbocycles. The van der Waals surface area contributed by atoms with Crippen molar-refractivity contribution < 1.29 is 31.4 Å². The van der Waals surface area contributed by atoms with Crippen LogP contribution in [0.5, 0.6) is 0 Å². The molecule has 0 saturated carbocycles. The molecule has 1 heterocycles. The van der Waals surface area contributed by atoms with E-state index < -0.39 is 18.5 Å². The van der Waals surface area contributed by atoms with E-state index in [0.717, 1.165) is 32.3 Å². The van der Waals surface area contributed by atoms with Gasteiger partial charge in [0, 0.05) is 19.6 Å². The van der Waals surface area contributed by atoms with Crippen molar-refractivity contribution in [2.75, 3.05) is 19.8 Å². The summed E-state index contributed by atoms with van der Waals surface area (Å²) in [5.41, 5.74) is 0. The van der Waals surface area contributed by atoms with Crippen molar-refractivity contribution in [1.82, 2.24) is 0 Å². The number of ether oxygens (including phenoxy) is 2. The Balaban J connectivity index is 1.88. The molecular formula is C14H23F5O2. The SMILES string of the molecule is FC(F)(F)C(F)(F)CCCCCCCOCC1CCCO1. The second-order valence-corrected chi connectivity index (χ2v) is 5.43. The van der Waals surface area contributed by atoms with Crippen LogP contribution in [0.1, 0.15) is 51.4 Å². The normalized spacial score (nSPS) is 20.1. The second kappa shape index (κ2) is 8.88. The van der Waals surface area contributed by atoms with E-state index >= 15 is 0 Å². The molecule has 0 amide bonds. The van der Waals surface area contributed by atoms with Gasteiger partial charge in [-0.2, -0.15) is 22.0 Å². The highest BCUT2D eigenvalue weighted by Gasteiger charge is 2.56. The van der Waals surface area contributed by atoms with Gasteiger partial charge in [-0.3, -0.25) is 0 Å². The third-order valence-corrected chi connectivity index (χ3v) is 3.52. The summed E-state index contributed by atoms with van der Waals surface area (Å²) in [6.45, 7) is 1.95. The van der Waals surface area contributed by atoms with E-state index in [9.17, 15) is 22.0 Å². The van der Waals surface area contributed by atoms with Crippen LogP contribution < -0.4 is 0 Å². The lowest BCUT2D eigenvalue weighted by Gasteiger charge is -2.19. The molecule has 1 fully saturated rings. The lowest BCUT2D eigenvalue weighted by Crippen LogP contribution is -2.36. The van der Waals surface area contributed by atoms with Crippen LogP contribution in [-0.4, -0.2) is 38.0 Å². The van der Waals surface area contributed by atoms with Crippen molar-refractivity contribution in [3.63, 3.8) is 0 Å². The van der Waals surface area contributed by atoms with Gasteiger partial charge in [0.2, 0.25) is 0 Å². The molecule has 7 heteroatoms. The molecule has 0 aromatic heterocycles. The number of hydrogen-bond acceptors (Lipinski definition) is 2. The maximum Gasteiger partial charge on any atom is 0.453 e. The first kappa shape index (κ1) is 18.6. The predicted octanol–water partition coefficient (Wildman–Crippen LogP) is 4.72. The summed E-state index contributed by atoms with van der Waals surface area (Å²) in [5, 5.41) is 0. The third-order valence-electron chi connectivity index (χ3n) is 3.52. The molecule has 21 heavy (non-hydrogen) atoms. The molecular weight excluding hydrogens is 295 g/mol. The van der Waals surface area contributed by atoms with Gasteiger partial charge >= 0.3 is 12.1 Å². The molecule has 1 aliphatic rings. The zero-order valence-corrected chi connectivity index (χ0v) is 12.1. The van der Waals surface area contributed by atoms with Crippen molar-refractivity contribution in [1.29, 1.82) is 0 Å². The van der Waals surface area contributed by atoms with Crippen molar-refractivity contribution in [2.24, 2.45) is 0 Å². The van der Waals surface area contributed by atoms with Crippen LogP contribution in [0.25, 0.3) is 0 Å². The van der Waals surface area contributed by atoms with Gasteiger partial charge in [-0.15, -0.1) is 0 Å². The maximum absolute atomic E-state index is 12.6. The maximum atomic E-state index is 12.6. The highest BCUT2D eigenvalue weighted by molar-refractivity contribution is 4.75. The number of hydrogen-bond donors (Lipinski definition) is 0. The van der Waals surface area contributed by atoms with Crippen LogP contribution in [0.2, 0.25) is 0 Å². The Morgan fingerprint density at radius 2 is 1.62 bits per heavy atom. The summed E-state index contributed by atoms with van der Waals surface area (Å²) < 4.78 is 71.7. The molecule has 0 radical (unpaired) electrons. The molecule has 0 N–H and O–H groups in total. The summed E-state index contributed by atoms with van der Waals surface area (Å²) in [6, 6.07) is 0. The first-order chi connectivity index (χ1) is 9.83. The summed E-state index contributed by atoms with van der Waals surface area (Å²) in [5.74, 6) is -4.56. The Kier molecular flexibility index (Phi) is 7.87. The molecule has 1 unspecified atom stereocenters. The van der Waals surface area contributed by atoms with Crippen LogP contribution in [0.3, 0.4) is 0 Å². The van der Waals surface area contributed by atoms with Gasteiger partial charge in [-0.25, -0.2) is 0 Å². The number of alkyl halides is 5. The van der Waals surface area contributed by atoms with Gasteiger partial charge in [-0.05, 0) is 25.7 Å². The van der Waals surface area contributed by atoms with E-state index in [1.54, 1.807) is 0 Å². The number of rotatable bonds is 10. The quantitative estimate of drug-likeness (QED) is 0.428. The Morgan fingerprint density at radius 3 is 2.24 bits per heavy atom. The minimum atomic E-state index is -5.43. The lowest BCUT2D eigenvalue weighted by molar-refractivity contribution is -0.284. The fourth-order valence-electron chi connectivity index (χ4n) is 2.21. The van der Waals surface area contributed by atoms with E-state index in [1.807, 2.05) is 0 Å². The van der Waals surface area contributed by atoms with E-state index in [2.05, 4.69) is 0 Å². The Labute approximate surface area is 122 Å². The fraction of sp³-hybridized carbons (Fsp3) is 1.00. The predicted molar refractivity (Wildman–Crippen MR) is 68.5 cm³/mol. The monoisotopic (exact) mass is 318 g/mol. The molecule has 1 atom stereocenters. The summed E-state index contributed by atoms with van der Waals surface area (Å²) in [7, 11) is 0. The highest BCUT2D eigenvalue weighted by Crippen LogP contribution is 2.39. The van der Waals surface area contributed by atoms with Gasteiger partial charge in [0.05, 0.1) is 12.7 Å². The number of unbranched alkanes of at least 4 members (excludes halogenated alkanes) is 4. The molecule has 0 aromatic rings. The van der Waals surface area contributed by atoms with Gasteiger partial charge in [0.25, 0.3) is 0 Å². The summed E-state index contributed by atoms with van der Waals surface area (Å²) in [6.07, 6.45) is -1.77. The molecule has 0 aliphatic carbocycles. The number of halogens is 5. The van der Waals surface area contributed by atoms with Crippen LogP contribution in [0, 0.1) is 0 Å². The van der Waals surface area contributed by atoms with Gasteiger partial charge < -0.3 is 9.47 Å². The Hall–Kier alpha value is -0.430. The van der Waals surface area contributed by atoms with Crippen molar-refractivity contribution in [2.45, 2.75) is 69.6 Å². The molecule has 0 bridgehead atoms. The fourth-order valence-corrected chi connectivity index (χ4v) is 2.21. The van der Waals surface area contributed by atoms with Gasteiger partial charge in [0.1, 0.15) is 0 Å². The highest BCUT2D eigenvalue weighted by atomic mass is 19.4. The zero-order valence-electron chi connectivity index (χ0n) is 12.1. The lowest BCUT2D eigenvalue weighted by atomic mass is 10.1. The molecule has 2 nitrogen and oxygen atoms in total. The second-order valence-electron chi connectivity index (χ2n) is 5.43. The van der Waals surface area contributed by atoms with E-state index in [-0.39, 0.29) is 12.5 Å². The summed E-state index contributed by atoms with van der Waals surface area (Å²) >= 11 is 0. The minimum absolute atomic E-state index is 0.108. The Morgan fingerprint density at radius 1 is 0.952 bits per heavy atom. The standard InChI is InChI=1S/C14H23F5O2/c15-13(16,14(17,18)19)8-4-2-1-3-5-9-20-11-12-7-6-10-21-12/h12H,1-11H2. The van der Waals surface area contributed by atoms with Gasteiger partial charge in [0.15, 0.2) is 0 Å². The molecule has 126 valence electrons. The third kappa shape index (κ3) is 7.40. The average Bonchev–Trinajstić information content (AvgIpc) is 2.88. The Bertz CT molecular complexity index is 275. The first-order valence-corrected chi connectivity index (χ1v) is 7.47. The minimum Gasteiger partial charge on any atom is -0.379 e. The van der Waals surface area contributed by atoms with E-state index in [0.29, 0.717) is 26.1 Å². The first-order valence-electron chi connectivity index (χ1n) is 7.47. The molecule has 0 spiro atoms. The van der Waals surface area contributed by atoms with Crippen molar-refractivity contribution >= 4 is 0 Å². The van der Waals surface area contributed by atoms with Crippen molar-refractivity contribution in [3.8, 4) is 0 Å². The van der Waals surface area contributed by atoms with Crippen LogP contribution >= 0.6 is 0 Å². The van der Waals surface area contributed by atoms with E-state index in [4.69, 9.17) is 9.47 Å². The van der Waals surface area contributed by atoms with Gasteiger partial charge in [-0.1, -0.05) is 19.3 Å². The van der Waals surface area contributed by atoms with Crippen molar-refractivity contribution in [3.05, 3.63) is 0 Å². The molecule has 1 saturated heterocycles. The smallest absolute Gasteiger partial charge is 0.379 e. The van der Waals surface area contributed by atoms with Crippen LogP contribution in [0.4, 0.5) is 22.0 Å². The van der Waals surface area contributed by atoms with E-state index in [1.165, 1.54) is 0 Å².